The van der Waals surface area contributed by atoms with Gasteiger partial charge in [0.15, 0.2) is 0 Å². The fraction of sp³-hybridized carbons (Fsp3) is 0.727. The molecule has 15 heavy (non-hydrogen) atoms. The highest BCUT2D eigenvalue weighted by molar-refractivity contribution is 5.10. The highest BCUT2D eigenvalue weighted by Crippen LogP contribution is 2.21. The summed E-state index contributed by atoms with van der Waals surface area (Å²) in [4.78, 5) is 4.52. The summed E-state index contributed by atoms with van der Waals surface area (Å²) >= 11 is 0. The average Bonchev–Trinajstić information content (AvgIpc) is 2.84. The lowest BCUT2D eigenvalue weighted by Crippen LogP contribution is -2.15. The molecule has 0 amide bonds. The maximum atomic E-state index is 5.12. The fourth-order valence-electron chi connectivity index (χ4n) is 2.15. The molecule has 0 bridgehead atoms. The van der Waals surface area contributed by atoms with Crippen LogP contribution in [-0.2, 0) is 11.3 Å². The van der Waals surface area contributed by atoms with E-state index in [9.17, 15) is 0 Å². The molecule has 1 aromatic heterocycles. The lowest BCUT2D eigenvalue weighted by molar-refractivity contribution is 0.185. The minimum atomic E-state index is 0.579. The molecule has 1 saturated heterocycles. The molecule has 1 fully saturated rings. The molecule has 4 nitrogen and oxygen atoms in total. The highest BCUT2D eigenvalue weighted by Gasteiger charge is 2.21. The topological polar surface area (TPSA) is 39.1 Å². The first-order chi connectivity index (χ1) is 7.33. The molecule has 1 atom stereocenters. The van der Waals surface area contributed by atoms with Gasteiger partial charge in [0, 0.05) is 38.0 Å². The Bertz CT molecular complexity index is 316. The van der Waals surface area contributed by atoms with E-state index in [1.54, 1.807) is 7.11 Å². The van der Waals surface area contributed by atoms with Gasteiger partial charge in [-0.2, -0.15) is 0 Å². The summed E-state index contributed by atoms with van der Waals surface area (Å²) in [5, 5.41) is 3.38. The van der Waals surface area contributed by atoms with Gasteiger partial charge in [0.25, 0.3) is 0 Å². The standard InChI is InChI=1S/C11H19N3O/c1-9-7-13-11(10-3-4-12-8-10)14(9)5-6-15-2/h7,10,12H,3-6,8H2,1-2H3. The molecule has 1 unspecified atom stereocenters. The molecular formula is C11H19N3O. The maximum absolute atomic E-state index is 5.12. The first kappa shape index (κ1) is 10.6. The third-order valence-corrected chi connectivity index (χ3v) is 3.03. The van der Waals surface area contributed by atoms with Crippen LogP contribution in [-0.4, -0.2) is 36.4 Å². The van der Waals surface area contributed by atoms with E-state index in [0.29, 0.717) is 5.92 Å². The van der Waals surface area contributed by atoms with E-state index in [-0.39, 0.29) is 0 Å². The Labute approximate surface area is 90.6 Å². The zero-order valence-corrected chi connectivity index (χ0v) is 9.49. The molecule has 0 aromatic carbocycles. The molecule has 4 heteroatoms. The van der Waals surface area contributed by atoms with E-state index in [4.69, 9.17) is 4.74 Å². The maximum Gasteiger partial charge on any atom is 0.113 e. The van der Waals surface area contributed by atoms with Crippen molar-refractivity contribution in [1.29, 1.82) is 0 Å². The van der Waals surface area contributed by atoms with Crippen molar-refractivity contribution in [2.75, 3.05) is 26.8 Å². The number of ether oxygens (including phenoxy) is 1. The lowest BCUT2D eigenvalue weighted by Gasteiger charge is -2.13. The molecule has 0 aliphatic carbocycles. The van der Waals surface area contributed by atoms with Gasteiger partial charge in [0.1, 0.15) is 5.82 Å². The second-order valence-electron chi connectivity index (χ2n) is 4.09. The van der Waals surface area contributed by atoms with Crippen LogP contribution in [0.15, 0.2) is 6.20 Å². The molecule has 1 aliphatic rings. The molecular weight excluding hydrogens is 190 g/mol. The predicted octanol–water partition coefficient (Wildman–Crippen LogP) is 0.915. The summed E-state index contributed by atoms with van der Waals surface area (Å²) in [5.41, 5.74) is 1.23. The van der Waals surface area contributed by atoms with Gasteiger partial charge in [-0.15, -0.1) is 0 Å². The Balaban J connectivity index is 2.14. The highest BCUT2D eigenvalue weighted by atomic mass is 16.5. The van der Waals surface area contributed by atoms with Gasteiger partial charge < -0.3 is 14.6 Å². The Morgan fingerprint density at radius 1 is 1.67 bits per heavy atom. The van der Waals surface area contributed by atoms with Crippen LogP contribution in [0.25, 0.3) is 0 Å². The normalized spacial score (nSPS) is 21.1. The first-order valence-electron chi connectivity index (χ1n) is 5.54. The van der Waals surface area contributed by atoms with Crippen LogP contribution in [0.5, 0.6) is 0 Å². The Hall–Kier alpha value is -0.870. The number of rotatable bonds is 4. The SMILES string of the molecule is COCCn1c(C)cnc1C1CCNC1. The number of aryl methyl sites for hydroxylation is 1. The third-order valence-electron chi connectivity index (χ3n) is 3.03. The molecule has 1 aromatic rings. The quantitative estimate of drug-likeness (QED) is 0.801. The minimum absolute atomic E-state index is 0.579. The third kappa shape index (κ3) is 2.21. The second-order valence-corrected chi connectivity index (χ2v) is 4.09. The molecule has 1 aliphatic heterocycles. The summed E-state index contributed by atoms with van der Waals surface area (Å²) in [6.07, 6.45) is 3.16. The Kier molecular flexibility index (Phi) is 3.38. The molecule has 2 rings (SSSR count). The van der Waals surface area contributed by atoms with Gasteiger partial charge in [-0.05, 0) is 19.9 Å². The van der Waals surface area contributed by atoms with Crippen molar-refractivity contribution in [3.05, 3.63) is 17.7 Å². The van der Waals surface area contributed by atoms with Crippen LogP contribution in [0.3, 0.4) is 0 Å². The number of nitrogens with zero attached hydrogens (tertiary/aromatic N) is 2. The largest absolute Gasteiger partial charge is 0.383 e. The van der Waals surface area contributed by atoms with Crippen LogP contribution in [0.2, 0.25) is 0 Å². The Morgan fingerprint density at radius 3 is 3.20 bits per heavy atom. The fourth-order valence-corrected chi connectivity index (χ4v) is 2.15. The predicted molar refractivity (Wildman–Crippen MR) is 59.1 cm³/mol. The average molecular weight is 209 g/mol. The van der Waals surface area contributed by atoms with E-state index < -0.39 is 0 Å². The summed E-state index contributed by atoms with van der Waals surface area (Å²) in [6.45, 7) is 5.94. The van der Waals surface area contributed by atoms with Crippen LogP contribution < -0.4 is 5.32 Å². The van der Waals surface area contributed by atoms with Gasteiger partial charge >= 0.3 is 0 Å². The summed E-state index contributed by atoms with van der Waals surface area (Å²) in [6, 6.07) is 0. The van der Waals surface area contributed by atoms with Crippen molar-refractivity contribution in [1.82, 2.24) is 14.9 Å². The number of hydrogen-bond donors (Lipinski definition) is 1. The van der Waals surface area contributed by atoms with Gasteiger partial charge in [0.05, 0.1) is 6.61 Å². The van der Waals surface area contributed by atoms with Crippen LogP contribution in [0.4, 0.5) is 0 Å². The molecule has 0 radical (unpaired) electrons. The summed E-state index contributed by atoms with van der Waals surface area (Å²) in [5.74, 6) is 1.80. The van der Waals surface area contributed by atoms with Gasteiger partial charge in [-0.1, -0.05) is 0 Å². The van der Waals surface area contributed by atoms with Gasteiger partial charge in [0.2, 0.25) is 0 Å². The number of aromatic nitrogens is 2. The van der Waals surface area contributed by atoms with Crippen LogP contribution in [0, 0.1) is 6.92 Å². The zero-order valence-electron chi connectivity index (χ0n) is 9.49. The minimum Gasteiger partial charge on any atom is -0.383 e. The van der Waals surface area contributed by atoms with E-state index in [1.165, 1.54) is 17.9 Å². The molecule has 1 N–H and O–H groups in total. The molecule has 84 valence electrons. The molecule has 0 saturated carbocycles. The Morgan fingerprint density at radius 2 is 2.53 bits per heavy atom. The van der Waals surface area contributed by atoms with Crippen LogP contribution in [0.1, 0.15) is 23.9 Å². The summed E-state index contributed by atoms with van der Waals surface area (Å²) < 4.78 is 7.40. The van der Waals surface area contributed by atoms with Gasteiger partial charge in [-0.3, -0.25) is 0 Å². The van der Waals surface area contributed by atoms with Crippen molar-refractivity contribution < 1.29 is 4.74 Å². The number of methoxy groups -OCH3 is 1. The van der Waals surface area contributed by atoms with Gasteiger partial charge in [-0.25, -0.2) is 4.98 Å². The van der Waals surface area contributed by atoms with Crippen molar-refractivity contribution in [3.8, 4) is 0 Å². The number of nitrogens with one attached hydrogen (secondary N) is 1. The van der Waals surface area contributed by atoms with Crippen molar-refractivity contribution >= 4 is 0 Å². The summed E-state index contributed by atoms with van der Waals surface area (Å²) in [7, 11) is 1.74. The van der Waals surface area contributed by atoms with E-state index >= 15 is 0 Å². The van der Waals surface area contributed by atoms with Crippen LogP contribution >= 0.6 is 0 Å². The number of imidazole rings is 1. The monoisotopic (exact) mass is 209 g/mol. The van der Waals surface area contributed by atoms with E-state index in [1.807, 2.05) is 6.20 Å². The molecule has 0 spiro atoms. The smallest absolute Gasteiger partial charge is 0.113 e. The number of hydrogen-bond acceptors (Lipinski definition) is 3. The van der Waals surface area contributed by atoms with E-state index in [2.05, 4.69) is 21.8 Å². The lowest BCUT2D eigenvalue weighted by atomic mass is 10.1. The van der Waals surface area contributed by atoms with Crippen molar-refractivity contribution in [2.24, 2.45) is 0 Å². The molecule has 2 heterocycles. The first-order valence-corrected chi connectivity index (χ1v) is 5.54. The van der Waals surface area contributed by atoms with E-state index in [0.717, 1.165) is 26.2 Å². The second kappa shape index (κ2) is 4.77. The van der Waals surface area contributed by atoms with Crippen molar-refractivity contribution in [2.45, 2.75) is 25.8 Å². The van der Waals surface area contributed by atoms with Crippen molar-refractivity contribution in [3.63, 3.8) is 0 Å². The zero-order chi connectivity index (χ0) is 10.7.